The molecule has 184 valence electrons. The van der Waals surface area contributed by atoms with E-state index in [2.05, 4.69) is 9.88 Å². The van der Waals surface area contributed by atoms with Gasteiger partial charge in [0.15, 0.2) is 0 Å². The summed E-state index contributed by atoms with van der Waals surface area (Å²) < 4.78 is 28.9. The van der Waals surface area contributed by atoms with Gasteiger partial charge in [-0.15, -0.1) is 0 Å². The summed E-state index contributed by atoms with van der Waals surface area (Å²) >= 11 is 0. The topological polar surface area (TPSA) is 61.6 Å². The van der Waals surface area contributed by atoms with E-state index in [-0.39, 0.29) is 17.8 Å². The van der Waals surface area contributed by atoms with E-state index < -0.39 is 12.3 Å². The monoisotopic (exact) mass is 480 g/mol. The molecule has 0 bridgehead atoms. The maximum Gasteiger partial charge on any atom is 0.272 e. The number of aliphatic hydroxyl groups is 1. The fraction of sp³-hybridized carbons (Fsp3) is 0.407. The summed E-state index contributed by atoms with van der Waals surface area (Å²) in [6.07, 6.45) is 3.19. The van der Waals surface area contributed by atoms with Crippen LogP contribution in [0.25, 0.3) is 11.1 Å². The Morgan fingerprint density at radius 2 is 1.77 bits per heavy atom. The lowest BCUT2D eigenvalue weighted by molar-refractivity contribution is -0.0214. The Labute approximate surface area is 203 Å². The van der Waals surface area contributed by atoms with Crippen LogP contribution in [0.5, 0.6) is 0 Å². The largest absolute Gasteiger partial charge is 0.389 e. The molecule has 2 saturated heterocycles. The first kappa shape index (κ1) is 23.6. The molecule has 3 aromatic rings. The highest BCUT2D eigenvalue weighted by Gasteiger charge is 2.34. The van der Waals surface area contributed by atoms with E-state index in [1.165, 1.54) is 12.1 Å². The summed E-state index contributed by atoms with van der Waals surface area (Å²) in [6, 6.07) is 14.6. The lowest BCUT2D eigenvalue weighted by atomic mass is 9.98. The summed E-state index contributed by atoms with van der Waals surface area (Å²) in [6.45, 7) is 2.72. The molecular weight excluding hydrogens is 450 g/mol. The third kappa shape index (κ3) is 5.13. The van der Waals surface area contributed by atoms with E-state index >= 15 is 0 Å². The van der Waals surface area contributed by atoms with Gasteiger partial charge in [0.25, 0.3) is 5.91 Å². The van der Waals surface area contributed by atoms with Crippen molar-refractivity contribution in [3.8, 4) is 11.1 Å². The van der Waals surface area contributed by atoms with Crippen LogP contribution in [-0.4, -0.2) is 74.9 Å². The van der Waals surface area contributed by atoms with Crippen molar-refractivity contribution in [3.05, 3.63) is 78.1 Å². The van der Waals surface area contributed by atoms with Gasteiger partial charge in [0.1, 0.15) is 17.7 Å². The fourth-order valence-electron chi connectivity index (χ4n) is 5.23. The number of aromatic nitrogens is 2. The van der Waals surface area contributed by atoms with Crippen molar-refractivity contribution in [2.45, 2.75) is 44.1 Å². The Morgan fingerprint density at radius 1 is 1.03 bits per heavy atom. The molecule has 0 aliphatic carbocycles. The van der Waals surface area contributed by atoms with Gasteiger partial charge in [0.05, 0.1) is 18.6 Å². The zero-order valence-corrected chi connectivity index (χ0v) is 19.6. The Morgan fingerprint density at radius 3 is 2.51 bits per heavy atom. The third-order valence-corrected chi connectivity index (χ3v) is 7.24. The summed E-state index contributed by atoms with van der Waals surface area (Å²) in [7, 11) is 0. The number of alkyl halides is 1. The molecule has 6 nitrogen and oxygen atoms in total. The first-order chi connectivity index (χ1) is 17.0. The highest BCUT2D eigenvalue weighted by Crippen LogP contribution is 2.26. The van der Waals surface area contributed by atoms with Gasteiger partial charge in [-0.1, -0.05) is 36.4 Å². The number of halogens is 2. The van der Waals surface area contributed by atoms with Crippen LogP contribution in [0.2, 0.25) is 0 Å². The lowest BCUT2D eigenvalue weighted by Crippen LogP contribution is -2.53. The highest BCUT2D eigenvalue weighted by atomic mass is 19.1. The number of nitrogens with zero attached hydrogens (tertiary/aromatic N) is 4. The van der Waals surface area contributed by atoms with Gasteiger partial charge in [-0.3, -0.25) is 9.69 Å². The van der Waals surface area contributed by atoms with E-state index in [0.717, 1.165) is 29.5 Å². The number of benzene rings is 2. The van der Waals surface area contributed by atoms with E-state index in [1.807, 2.05) is 33.7 Å². The second kappa shape index (κ2) is 10.3. The predicted octanol–water partition coefficient (Wildman–Crippen LogP) is 3.75. The third-order valence-electron chi connectivity index (χ3n) is 7.24. The summed E-state index contributed by atoms with van der Waals surface area (Å²) in [5.74, 6) is -0.330. The number of hydrogen-bond donors (Lipinski definition) is 1. The van der Waals surface area contributed by atoms with Gasteiger partial charge in [-0.2, -0.15) is 0 Å². The maximum absolute atomic E-state index is 13.6. The zero-order chi connectivity index (χ0) is 24.4. The second-order valence-corrected chi connectivity index (χ2v) is 9.46. The number of hydrogen-bond acceptors (Lipinski definition) is 4. The van der Waals surface area contributed by atoms with Gasteiger partial charge in [0, 0.05) is 38.8 Å². The molecule has 2 aliphatic rings. The van der Waals surface area contributed by atoms with Crippen molar-refractivity contribution in [1.29, 1.82) is 0 Å². The molecule has 1 amide bonds. The fourth-order valence-corrected chi connectivity index (χ4v) is 5.23. The van der Waals surface area contributed by atoms with Gasteiger partial charge in [-0.25, -0.2) is 13.8 Å². The number of carbonyl (C=O) groups is 1. The molecule has 3 heterocycles. The van der Waals surface area contributed by atoms with Crippen molar-refractivity contribution in [1.82, 2.24) is 19.4 Å². The normalized spacial score (nSPS) is 21.9. The molecule has 5 rings (SSSR count). The number of imidazole rings is 1. The highest BCUT2D eigenvalue weighted by molar-refractivity contribution is 5.92. The number of likely N-dealkylation sites (tertiary alicyclic amines) is 2. The average Bonchev–Trinajstić information content (AvgIpc) is 3.34. The van der Waals surface area contributed by atoms with Crippen molar-refractivity contribution in [2.24, 2.45) is 0 Å². The minimum Gasteiger partial charge on any atom is -0.389 e. The molecule has 2 atom stereocenters. The number of amides is 1. The molecule has 2 aromatic carbocycles. The second-order valence-electron chi connectivity index (χ2n) is 9.46. The number of β-amino-alcohol motifs (C(OH)–C–C–N with tert-alkyl or cyclic N) is 1. The average molecular weight is 481 g/mol. The van der Waals surface area contributed by atoms with Crippen LogP contribution in [0.3, 0.4) is 0 Å². The van der Waals surface area contributed by atoms with Crippen LogP contribution in [0.1, 0.15) is 35.3 Å². The molecular formula is C27H30F2N4O2. The summed E-state index contributed by atoms with van der Waals surface area (Å²) in [5.41, 5.74) is 3.45. The maximum atomic E-state index is 13.6. The summed E-state index contributed by atoms with van der Waals surface area (Å²) in [5, 5.41) is 9.89. The van der Waals surface area contributed by atoms with E-state index in [9.17, 15) is 18.7 Å². The summed E-state index contributed by atoms with van der Waals surface area (Å²) in [4.78, 5) is 21.6. The molecule has 0 spiro atoms. The van der Waals surface area contributed by atoms with Crippen LogP contribution in [0.4, 0.5) is 8.78 Å². The minimum absolute atomic E-state index is 0.0530. The molecule has 0 saturated carbocycles. The van der Waals surface area contributed by atoms with Crippen LogP contribution < -0.4 is 0 Å². The van der Waals surface area contributed by atoms with Crippen molar-refractivity contribution < 1.29 is 18.7 Å². The number of rotatable bonds is 5. The quantitative estimate of drug-likeness (QED) is 0.604. The van der Waals surface area contributed by atoms with E-state index in [0.29, 0.717) is 44.8 Å². The van der Waals surface area contributed by atoms with E-state index in [1.54, 1.807) is 24.7 Å². The standard InChI is InChI=1S/C27H30F2N4O2/c28-21-7-5-19(6-8-21)23-4-2-1-3-20(23)16-33-18-30-15-25(33)27(35)31-12-9-22(10-13-31)32-14-11-24(29)26(34)17-32/h1-8,15,18,22,24,26,34H,9-14,16-17H2. The number of aliphatic hydroxyl groups excluding tert-OH is 1. The van der Waals surface area contributed by atoms with Crippen LogP contribution in [-0.2, 0) is 6.54 Å². The molecule has 35 heavy (non-hydrogen) atoms. The van der Waals surface area contributed by atoms with Crippen molar-refractivity contribution >= 4 is 5.91 Å². The first-order valence-corrected chi connectivity index (χ1v) is 12.2. The van der Waals surface area contributed by atoms with Crippen molar-refractivity contribution in [2.75, 3.05) is 26.2 Å². The molecule has 1 aromatic heterocycles. The van der Waals surface area contributed by atoms with Crippen molar-refractivity contribution in [3.63, 3.8) is 0 Å². The van der Waals surface area contributed by atoms with Gasteiger partial charge in [-0.05, 0) is 48.1 Å². The van der Waals surface area contributed by atoms with Gasteiger partial charge < -0.3 is 14.6 Å². The molecule has 8 heteroatoms. The van der Waals surface area contributed by atoms with Gasteiger partial charge >= 0.3 is 0 Å². The Hall–Kier alpha value is -3.10. The number of piperidine rings is 2. The zero-order valence-electron chi connectivity index (χ0n) is 19.6. The molecule has 1 N–H and O–H groups in total. The predicted molar refractivity (Wildman–Crippen MR) is 129 cm³/mol. The molecule has 2 aliphatic heterocycles. The first-order valence-electron chi connectivity index (χ1n) is 12.2. The molecule has 0 radical (unpaired) electrons. The lowest BCUT2D eigenvalue weighted by Gasteiger charge is -2.42. The van der Waals surface area contributed by atoms with E-state index in [4.69, 9.17) is 0 Å². The number of carbonyl (C=O) groups excluding carboxylic acids is 1. The Bertz CT molecular complexity index is 1160. The Balaban J connectivity index is 1.26. The Kier molecular flexibility index (Phi) is 6.92. The SMILES string of the molecule is O=C(c1cncn1Cc1ccccc1-c1ccc(F)cc1)N1CCC(N2CCC(F)C(O)C2)CC1. The van der Waals surface area contributed by atoms with Gasteiger partial charge in [0.2, 0.25) is 0 Å². The molecule has 2 unspecified atom stereocenters. The van der Waals surface area contributed by atoms with Crippen LogP contribution in [0, 0.1) is 5.82 Å². The molecule has 2 fully saturated rings. The smallest absolute Gasteiger partial charge is 0.272 e. The van der Waals surface area contributed by atoms with Crippen LogP contribution >= 0.6 is 0 Å². The van der Waals surface area contributed by atoms with Crippen LogP contribution in [0.15, 0.2) is 61.1 Å². The minimum atomic E-state index is -1.14.